The lowest BCUT2D eigenvalue weighted by Gasteiger charge is -2.70. The molecular weight excluding hydrogens is 300 g/mol. The van der Waals surface area contributed by atoms with Crippen LogP contribution in [0.3, 0.4) is 0 Å². The lowest BCUT2D eigenvalue weighted by Crippen LogP contribution is -2.66. The Kier molecular flexibility index (Phi) is 4.10. The van der Waals surface area contributed by atoms with Crippen LogP contribution in [-0.2, 0) is 4.74 Å². The van der Waals surface area contributed by atoms with Crippen molar-refractivity contribution in [2.75, 3.05) is 20.3 Å². The molecule has 3 heteroatoms. The first-order valence-electron chi connectivity index (χ1n) is 10.2. The Labute approximate surface area is 147 Å². The zero-order valence-electron chi connectivity index (χ0n) is 15.8. The van der Waals surface area contributed by atoms with E-state index in [9.17, 15) is 10.2 Å². The first-order valence-corrected chi connectivity index (χ1v) is 10.2. The van der Waals surface area contributed by atoms with Crippen molar-refractivity contribution >= 4 is 0 Å². The van der Waals surface area contributed by atoms with Gasteiger partial charge >= 0.3 is 0 Å². The average molecular weight is 337 g/mol. The summed E-state index contributed by atoms with van der Waals surface area (Å²) in [7, 11) is 1.85. The topological polar surface area (TPSA) is 49.7 Å². The number of fused-ring (bicyclic) bond motifs is 3. The van der Waals surface area contributed by atoms with Crippen LogP contribution in [0.25, 0.3) is 0 Å². The van der Waals surface area contributed by atoms with Crippen molar-refractivity contribution in [2.45, 2.75) is 71.3 Å². The number of aliphatic hydroxyl groups is 2. The molecule has 8 atom stereocenters. The molecule has 5 saturated carbocycles. The van der Waals surface area contributed by atoms with Gasteiger partial charge in [-0.3, -0.25) is 0 Å². The summed E-state index contributed by atoms with van der Waals surface area (Å²) in [5.41, 5.74) is 0.712. The Morgan fingerprint density at radius 3 is 2.50 bits per heavy atom. The van der Waals surface area contributed by atoms with Crippen LogP contribution in [0.15, 0.2) is 0 Å². The minimum atomic E-state index is -0.284. The summed E-state index contributed by atoms with van der Waals surface area (Å²) >= 11 is 0. The molecule has 0 aromatic carbocycles. The van der Waals surface area contributed by atoms with Crippen molar-refractivity contribution < 1.29 is 14.9 Å². The fraction of sp³-hybridized carbons (Fsp3) is 1.00. The van der Waals surface area contributed by atoms with E-state index in [1.807, 2.05) is 7.11 Å². The molecule has 0 aliphatic heterocycles. The highest BCUT2D eigenvalue weighted by atomic mass is 16.5. The molecule has 2 bridgehead atoms. The predicted molar refractivity (Wildman–Crippen MR) is 94.5 cm³/mol. The highest BCUT2D eigenvalue weighted by molar-refractivity contribution is 5.16. The first-order chi connectivity index (χ1) is 11.4. The lowest BCUT2D eigenvalue weighted by molar-refractivity contribution is -0.250. The number of hydrogen-bond donors (Lipinski definition) is 2. The molecule has 138 valence electrons. The van der Waals surface area contributed by atoms with E-state index in [-0.39, 0.29) is 24.0 Å². The minimum absolute atomic E-state index is 0.0821. The number of methoxy groups -OCH3 is 1. The summed E-state index contributed by atoms with van der Waals surface area (Å²) in [6.07, 6.45) is 9.63. The molecule has 0 aromatic rings. The summed E-state index contributed by atoms with van der Waals surface area (Å²) in [6.45, 7) is 6.03. The van der Waals surface area contributed by atoms with Crippen LogP contribution in [-0.4, -0.2) is 36.6 Å². The van der Waals surface area contributed by atoms with Gasteiger partial charge in [0.25, 0.3) is 0 Å². The molecule has 2 N–H and O–H groups in total. The molecule has 3 nitrogen and oxygen atoms in total. The molecule has 24 heavy (non-hydrogen) atoms. The zero-order chi connectivity index (χ0) is 17.2. The summed E-state index contributed by atoms with van der Waals surface area (Å²) in [5.74, 6) is 2.01. The molecule has 5 rings (SSSR count). The summed E-state index contributed by atoms with van der Waals surface area (Å²) in [4.78, 5) is 0. The van der Waals surface area contributed by atoms with Crippen LogP contribution < -0.4 is 0 Å². The van der Waals surface area contributed by atoms with Gasteiger partial charge in [0.1, 0.15) is 0 Å². The molecule has 5 fully saturated rings. The largest absolute Gasteiger partial charge is 0.396 e. The van der Waals surface area contributed by atoms with Crippen molar-refractivity contribution in [1.29, 1.82) is 0 Å². The van der Waals surface area contributed by atoms with Crippen LogP contribution >= 0.6 is 0 Å². The third kappa shape index (κ3) is 2.07. The van der Waals surface area contributed by atoms with Crippen LogP contribution in [0.2, 0.25) is 0 Å². The molecule has 0 radical (unpaired) electrons. The van der Waals surface area contributed by atoms with E-state index in [2.05, 4.69) is 13.8 Å². The fourth-order valence-corrected chi connectivity index (χ4v) is 8.36. The third-order valence-electron chi connectivity index (χ3n) is 9.29. The minimum Gasteiger partial charge on any atom is -0.396 e. The van der Waals surface area contributed by atoms with Crippen LogP contribution in [0.4, 0.5) is 0 Å². The second-order valence-electron chi connectivity index (χ2n) is 10.1. The van der Waals surface area contributed by atoms with Gasteiger partial charge in [-0.05, 0) is 73.5 Å². The summed E-state index contributed by atoms with van der Waals surface area (Å²) < 4.78 is 5.65. The number of rotatable bonds is 3. The van der Waals surface area contributed by atoms with Crippen molar-refractivity contribution in [1.82, 2.24) is 0 Å². The van der Waals surface area contributed by atoms with Gasteiger partial charge in [0, 0.05) is 25.0 Å². The van der Waals surface area contributed by atoms with Crippen LogP contribution in [0.5, 0.6) is 0 Å². The Morgan fingerprint density at radius 2 is 1.79 bits per heavy atom. The van der Waals surface area contributed by atoms with Gasteiger partial charge in [0.05, 0.1) is 12.7 Å². The van der Waals surface area contributed by atoms with Crippen molar-refractivity contribution in [3.05, 3.63) is 0 Å². The molecule has 0 saturated heterocycles. The average Bonchev–Trinajstić information content (AvgIpc) is 2.55. The van der Waals surface area contributed by atoms with Gasteiger partial charge in [-0.15, -0.1) is 0 Å². The van der Waals surface area contributed by atoms with Crippen molar-refractivity contribution in [2.24, 2.45) is 39.9 Å². The smallest absolute Gasteiger partial charge is 0.0651 e. The molecule has 0 unspecified atom stereocenters. The van der Waals surface area contributed by atoms with Crippen LogP contribution in [0, 0.1) is 39.9 Å². The van der Waals surface area contributed by atoms with Crippen molar-refractivity contribution in [3.63, 3.8) is 0 Å². The molecule has 5 aliphatic rings. The summed E-state index contributed by atoms with van der Waals surface area (Å²) in [5, 5.41) is 21.0. The third-order valence-corrected chi connectivity index (χ3v) is 9.29. The molecular formula is C21H36O3. The van der Waals surface area contributed by atoms with Crippen LogP contribution in [0.1, 0.15) is 65.2 Å². The quantitative estimate of drug-likeness (QED) is 0.827. The lowest BCUT2D eigenvalue weighted by atomic mass is 9.35. The second kappa shape index (κ2) is 5.69. The Hall–Kier alpha value is -0.120. The molecule has 0 aromatic heterocycles. The van der Waals surface area contributed by atoms with Gasteiger partial charge in [0.2, 0.25) is 0 Å². The maximum absolute atomic E-state index is 11.2. The SMILES string of the molecule is COC[C@]1(C)CCC[C@]2(C)[C@@H]1CC[C@@]13CC[C@H](C[C@@H]21)[C@H](CO)[C@H]3O. The van der Waals surface area contributed by atoms with E-state index in [0.29, 0.717) is 28.6 Å². The van der Waals surface area contributed by atoms with E-state index >= 15 is 0 Å². The number of ether oxygens (including phenoxy) is 1. The second-order valence-corrected chi connectivity index (χ2v) is 10.1. The number of aliphatic hydroxyl groups excluding tert-OH is 2. The fourth-order valence-electron chi connectivity index (χ4n) is 8.36. The van der Waals surface area contributed by atoms with Crippen molar-refractivity contribution in [3.8, 4) is 0 Å². The Balaban J connectivity index is 1.71. The monoisotopic (exact) mass is 336 g/mol. The highest BCUT2D eigenvalue weighted by Gasteiger charge is 2.67. The van der Waals surface area contributed by atoms with E-state index in [4.69, 9.17) is 4.74 Å². The first kappa shape index (κ1) is 17.3. The maximum atomic E-state index is 11.2. The molecule has 5 aliphatic carbocycles. The highest BCUT2D eigenvalue weighted by Crippen LogP contribution is 2.72. The predicted octanol–water partition coefficient (Wildman–Crippen LogP) is 3.63. The van der Waals surface area contributed by atoms with E-state index in [0.717, 1.165) is 13.0 Å². The Bertz CT molecular complexity index is 489. The maximum Gasteiger partial charge on any atom is 0.0651 e. The normalized spacial score (nSPS) is 56.6. The molecule has 0 heterocycles. The van der Waals surface area contributed by atoms with Gasteiger partial charge in [-0.25, -0.2) is 0 Å². The zero-order valence-corrected chi connectivity index (χ0v) is 15.8. The van der Waals surface area contributed by atoms with Gasteiger partial charge in [0.15, 0.2) is 0 Å². The summed E-state index contributed by atoms with van der Waals surface area (Å²) in [6, 6.07) is 0. The molecule has 1 spiro atoms. The van der Waals surface area contributed by atoms with E-state index in [1.54, 1.807) is 0 Å². The molecule has 0 amide bonds. The van der Waals surface area contributed by atoms with Gasteiger partial charge in [-0.2, -0.15) is 0 Å². The van der Waals surface area contributed by atoms with Gasteiger partial charge < -0.3 is 14.9 Å². The standard InChI is InChI=1S/C21H36O3/c1-19(13-24-3)7-4-8-20(2)16(19)6-10-21-9-5-14(11-17(20)21)15(12-22)18(21)23/h14-18,22-23H,4-13H2,1-3H3/t14-,15+,16-,17+,18-,19+,20-,21+/m1/s1. The van der Waals surface area contributed by atoms with Gasteiger partial charge in [-0.1, -0.05) is 20.3 Å². The van der Waals surface area contributed by atoms with E-state index < -0.39 is 0 Å². The van der Waals surface area contributed by atoms with E-state index in [1.165, 1.54) is 44.9 Å². The number of hydrogen-bond acceptors (Lipinski definition) is 3. The Morgan fingerprint density at radius 1 is 1.04 bits per heavy atom.